The molecule has 0 aliphatic rings. The highest BCUT2D eigenvalue weighted by molar-refractivity contribution is 5.09. The first-order chi connectivity index (χ1) is 5.74. The van der Waals surface area contributed by atoms with Gasteiger partial charge in [0.05, 0.1) is 6.20 Å². The van der Waals surface area contributed by atoms with Crippen LogP contribution >= 0.6 is 0 Å². The minimum absolute atomic E-state index is 0.262. The summed E-state index contributed by atoms with van der Waals surface area (Å²) in [6.45, 7) is 4.25. The standard InChI is InChI=1S/C10H14FN/c1-3-4-8(2)10-6-5-9(11)7-12-10/h5-8H,3-4H2,1-2H3. The van der Waals surface area contributed by atoms with Gasteiger partial charge in [-0.2, -0.15) is 0 Å². The molecule has 12 heavy (non-hydrogen) atoms. The predicted molar refractivity (Wildman–Crippen MR) is 47.5 cm³/mol. The number of halogens is 1. The van der Waals surface area contributed by atoms with E-state index >= 15 is 0 Å². The van der Waals surface area contributed by atoms with Crippen molar-refractivity contribution in [1.29, 1.82) is 0 Å². The van der Waals surface area contributed by atoms with Gasteiger partial charge in [-0.15, -0.1) is 0 Å². The summed E-state index contributed by atoms with van der Waals surface area (Å²) in [5.74, 6) is 0.179. The molecule has 0 radical (unpaired) electrons. The molecule has 1 nitrogen and oxygen atoms in total. The lowest BCUT2D eigenvalue weighted by molar-refractivity contribution is 0.606. The smallest absolute Gasteiger partial charge is 0.141 e. The topological polar surface area (TPSA) is 12.9 Å². The predicted octanol–water partition coefficient (Wildman–Crippen LogP) is 3.12. The zero-order chi connectivity index (χ0) is 8.97. The van der Waals surface area contributed by atoms with Crippen molar-refractivity contribution >= 4 is 0 Å². The summed E-state index contributed by atoms with van der Waals surface area (Å²) in [5, 5.41) is 0. The molecule has 0 bridgehead atoms. The van der Waals surface area contributed by atoms with Gasteiger partial charge >= 0.3 is 0 Å². The highest BCUT2D eigenvalue weighted by Gasteiger charge is 2.04. The second-order valence-corrected chi connectivity index (χ2v) is 3.09. The third kappa shape index (κ3) is 2.29. The minimum Gasteiger partial charge on any atom is -0.258 e. The van der Waals surface area contributed by atoms with Gasteiger partial charge in [-0.25, -0.2) is 4.39 Å². The maximum absolute atomic E-state index is 12.5. The Labute approximate surface area is 72.6 Å². The summed E-state index contributed by atoms with van der Waals surface area (Å²) in [6.07, 6.45) is 3.53. The van der Waals surface area contributed by atoms with Crippen LogP contribution in [0.5, 0.6) is 0 Å². The quantitative estimate of drug-likeness (QED) is 0.674. The summed E-state index contributed by atoms with van der Waals surface area (Å²) in [5.41, 5.74) is 0.984. The van der Waals surface area contributed by atoms with Crippen molar-refractivity contribution in [1.82, 2.24) is 4.98 Å². The Morgan fingerprint density at radius 1 is 1.50 bits per heavy atom. The van der Waals surface area contributed by atoms with Crippen molar-refractivity contribution < 1.29 is 4.39 Å². The van der Waals surface area contributed by atoms with Gasteiger partial charge in [0, 0.05) is 5.69 Å². The summed E-state index contributed by atoms with van der Waals surface area (Å²) < 4.78 is 12.5. The Balaban J connectivity index is 2.68. The number of nitrogens with zero attached hydrogens (tertiary/aromatic N) is 1. The number of rotatable bonds is 3. The molecular formula is C10H14FN. The van der Waals surface area contributed by atoms with E-state index in [0.29, 0.717) is 5.92 Å². The molecule has 1 unspecified atom stereocenters. The first kappa shape index (κ1) is 9.17. The molecule has 1 aromatic rings. The molecule has 0 aromatic carbocycles. The first-order valence-corrected chi connectivity index (χ1v) is 4.35. The Kier molecular flexibility index (Phi) is 3.20. The third-order valence-electron chi connectivity index (χ3n) is 1.98. The molecule has 66 valence electrons. The molecule has 0 aliphatic carbocycles. The summed E-state index contributed by atoms with van der Waals surface area (Å²) in [4.78, 5) is 4.02. The molecule has 1 heterocycles. The van der Waals surface area contributed by atoms with Crippen LogP contribution in [0.4, 0.5) is 4.39 Å². The van der Waals surface area contributed by atoms with Crippen molar-refractivity contribution in [3.63, 3.8) is 0 Å². The maximum atomic E-state index is 12.5. The zero-order valence-corrected chi connectivity index (χ0v) is 7.55. The van der Waals surface area contributed by atoms with Gasteiger partial charge in [-0.05, 0) is 24.5 Å². The van der Waals surface area contributed by atoms with E-state index in [9.17, 15) is 4.39 Å². The number of aromatic nitrogens is 1. The van der Waals surface area contributed by atoms with Crippen LogP contribution in [0.3, 0.4) is 0 Å². The lowest BCUT2D eigenvalue weighted by Crippen LogP contribution is -1.96. The minimum atomic E-state index is -0.262. The van der Waals surface area contributed by atoms with Gasteiger partial charge in [0.2, 0.25) is 0 Å². The van der Waals surface area contributed by atoms with Crippen LogP contribution in [-0.2, 0) is 0 Å². The number of pyridine rings is 1. The fraction of sp³-hybridized carbons (Fsp3) is 0.500. The van der Waals surface area contributed by atoms with Gasteiger partial charge in [0.25, 0.3) is 0 Å². The highest BCUT2D eigenvalue weighted by atomic mass is 19.1. The Bertz CT molecular complexity index is 230. The van der Waals surface area contributed by atoms with Gasteiger partial charge in [0.1, 0.15) is 5.82 Å². The van der Waals surface area contributed by atoms with E-state index in [-0.39, 0.29) is 5.82 Å². The SMILES string of the molecule is CCCC(C)c1ccc(F)cn1. The Morgan fingerprint density at radius 3 is 2.75 bits per heavy atom. The van der Waals surface area contributed by atoms with E-state index in [2.05, 4.69) is 18.8 Å². The lowest BCUT2D eigenvalue weighted by Gasteiger charge is -2.07. The van der Waals surface area contributed by atoms with Gasteiger partial charge in [-0.3, -0.25) is 4.98 Å². The van der Waals surface area contributed by atoms with Crippen LogP contribution in [0.2, 0.25) is 0 Å². The third-order valence-corrected chi connectivity index (χ3v) is 1.98. The molecule has 0 amide bonds. The Hall–Kier alpha value is -0.920. The molecule has 0 N–H and O–H groups in total. The van der Waals surface area contributed by atoms with Crippen LogP contribution in [0.1, 0.15) is 38.3 Å². The van der Waals surface area contributed by atoms with Crippen molar-refractivity contribution in [3.05, 3.63) is 29.8 Å². The van der Waals surface area contributed by atoms with Gasteiger partial charge in [0.15, 0.2) is 0 Å². The molecule has 0 spiro atoms. The van der Waals surface area contributed by atoms with Crippen molar-refractivity contribution in [3.8, 4) is 0 Å². The summed E-state index contributed by atoms with van der Waals surface area (Å²) in [6, 6.07) is 3.23. The first-order valence-electron chi connectivity index (χ1n) is 4.35. The average Bonchev–Trinajstić information content (AvgIpc) is 2.06. The summed E-state index contributed by atoms with van der Waals surface area (Å²) >= 11 is 0. The molecule has 1 atom stereocenters. The van der Waals surface area contributed by atoms with E-state index in [1.807, 2.05) is 0 Å². The molecule has 1 aromatic heterocycles. The van der Waals surface area contributed by atoms with Crippen LogP contribution in [0, 0.1) is 5.82 Å². The van der Waals surface area contributed by atoms with Crippen LogP contribution in [-0.4, -0.2) is 4.98 Å². The van der Waals surface area contributed by atoms with E-state index in [1.54, 1.807) is 6.07 Å². The number of hydrogen-bond donors (Lipinski definition) is 0. The van der Waals surface area contributed by atoms with E-state index in [4.69, 9.17) is 0 Å². The van der Waals surface area contributed by atoms with Crippen molar-refractivity contribution in [2.75, 3.05) is 0 Å². The van der Waals surface area contributed by atoms with Crippen LogP contribution in [0.25, 0.3) is 0 Å². The van der Waals surface area contributed by atoms with Gasteiger partial charge < -0.3 is 0 Å². The van der Waals surface area contributed by atoms with Gasteiger partial charge in [-0.1, -0.05) is 20.3 Å². The monoisotopic (exact) mass is 167 g/mol. The normalized spacial score (nSPS) is 12.9. The molecule has 0 saturated carbocycles. The molecule has 0 aliphatic heterocycles. The molecule has 1 rings (SSSR count). The fourth-order valence-corrected chi connectivity index (χ4v) is 1.26. The molecular weight excluding hydrogens is 153 g/mol. The number of hydrogen-bond acceptors (Lipinski definition) is 1. The zero-order valence-electron chi connectivity index (χ0n) is 7.55. The van der Waals surface area contributed by atoms with Crippen molar-refractivity contribution in [2.24, 2.45) is 0 Å². The summed E-state index contributed by atoms with van der Waals surface area (Å²) in [7, 11) is 0. The van der Waals surface area contributed by atoms with Crippen molar-refractivity contribution in [2.45, 2.75) is 32.6 Å². The largest absolute Gasteiger partial charge is 0.258 e. The Morgan fingerprint density at radius 2 is 2.25 bits per heavy atom. The second kappa shape index (κ2) is 4.19. The fourth-order valence-electron chi connectivity index (χ4n) is 1.26. The maximum Gasteiger partial charge on any atom is 0.141 e. The second-order valence-electron chi connectivity index (χ2n) is 3.09. The molecule has 0 saturated heterocycles. The van der Waals surface area contributed by atoms with E-state index < -0.39 is 0 Å². The van der Waals surface area contributed by atoms with Crippen LogP contribution in [0.15, 0.2) is 18.3 Å². The van der Waals surface area contributed by atoms with Crippen LogP contribution < -0.4 is 0 Å². The highest BCUT2D eigenvalue weighted by Crippen LogP contribution is 2.17. The molecule has 2 heteroatoms. The molecule has 0 fully saturated rings. The average molecular weight is 167 g/mol. The van der Waals surface area contributed by atoms with E-state index in [0.717, 1.165) is 18.5 Å². The van der Waals surface area contributed by atoms with E-state index in [1.165, 1.54) is 12.3 Å². The lowest BCUT2D eigenvalue weighted by atomic mass is 10.0.